The van der Waals surface area contributed by atoms with Gasteiger partial charge >= 0.3 is 0 Å². The van der Waals surface area contributed by atoms with E-state index in [9.17, 15) is 9.59 Å². The molecule has 0 aliphatic carbocycles. The van der Waals surface area contributed by atoms with Gasteiger partial charge in [0, 0.05) is 20.0 Å². The third-order valence-corrected chi connectivity index (χ3v) is 2.76. The number of nitrogens with zero attached hydrogens (tertiary/aromatic N) is 2. The number of amides is 2. The number of hydrogen-bond acceptors (Lipinski definition) is 3. The van der Waals surface area contributed by atoms with Crippen molar-refractivity contribution in [2.75, 3.05) is 33.7 Å². The summed E-state index contributed by atoms with van der Waals surface area (Å²) < 4.78 is 0. The molecule has 5 heteroatoms. The van der Waals surface area contributed by atoms with Crippen LogP contribution < -0.4 is 5.73 Å². The van der Waals surface area contributed by atoms with Crippen LogP contribution in [-0.4, -0.2) is 55.3 Å². The monoisotopic (exact) mass is 213 g/mol. The molecule has 0 aromatic heterocycles. The zero-order chi connectivity index (χ0) is 11.4. The predicted octanol–water partition coefficient (Wildman–Crippen LogP) is -0.728. The quantitative estimate of drug-likeness (QED) is 0.672. The normalized spacial score (nSPS) is 18.8. The summed E-state index contributed by atoms with van der Waals surface area (Å²) in [4.78, 5) is 26.0. The Labute approximate surface area is 90.2 Å². The molecular formula is C10H19N3O2. The molecule has 0 radical (unpaired) electrons. The van der Waals surface area contributed by atoms with E-state index < -0.39 is 0 Å². The zero-order valence-corrected chi connectivity index (χ0v) is 9.40. The first kappa shape index (κ1) is 12.0. The van der Waals surface area contributed by atoms with Crippen LogP contribution in [0.15, 0.2) is 0 Å². The van der Waals surface area contributed by atoms with Gasteiger partial charge in [-0.05, 0) is 25.9 Å². The zero-order valence-electron chi connectivity index (χ0n) is 9.40. The van der Waals surface area contributed by atoms with Gasteiger partial charge in [0.15, 0.2) is 0 Å². The van der Waals surface area contributed by atoms with Gasteiger partial charge in [-0.1, -0.05) is 0 Å². The van der Waals surface area contributed by atoms with Gasteiger partial charge in [-0.2, -0.15) is 0 Å². The lowest BCUT2D eigenvalue weighted by Gasteiger charge is -2.31. The topological polar surface area (TPSA) is 66.6 Å². The van der Waals surface area contributed by atoms with Crippen LogP contribution in [0.1, 0.15) is 12.8 Å². The van der Waals surface area contributed by atoms with Crippen LogP contribution in [0.4, 0.5) is 0 Å². The second-order valence-corrected chi connectivity index (χ2v) is 4.25. The minimum absolute atomic E-state index is 0.115. The molecule has 1 heterocycles. The van der Waals surface area contributed by atoms with Gasteiger partial charge in [-0.25, -0.2) is 0 Å². The van der Waals surface area contributed by atoms with Crippen molar-refractivity contribution < 1.29 is 9.59 Å². The van der Waals surface area contributed by atoms with Gasteiger partial charge in [0.25, 0.3) is 0 Å². The summed E-state index contributed by atoms with van der Waals surface area (Å²) in [6.45, 7) is 1.88. The Morgan fingerprint density at radius 2 is 1.87 bits per heavy atom. The highest BCUT2D eigenvalue weighted by Gasteiger charge is 2.26. The molecule has 1 aliphatic rings. The van der Waals surface area contributed by atoms with Crippen LogP contribution in [0, 0.1) is 5.92 Å². The van der Waals surface area contributed by atoms with Crippen LogP contribution in [-0.2, 0) is 9.59 Å². The van der Waals surface area contributed by atoms with E-state index in [1.807, 2.05) is 4.90 Å². The average molecular weight is 213 g/mol. The van der Waals surface area contributed by atoms with Gasteiger partial charge < -0.3 is 10.6 Å². The summed E-state index contributed by atoms with van der Waals surface area (Å²) in [5, 5.41) is 0. The SMILES string of the molecule is CN(C)C(=O)C1CCN(CC(N)=O)CC1. The van der Waals surface area contributed by atoms with E-state index in [0.29, 0.717) is 6.54 Å². The van der Waals surface area contributed by atoms with Gasteiger partial charge in [0.05, 0.1) is 6.54 Å². The van der Waals surface area contributed by atoms with Gasteiger partial charge in [-0.3, -0.25) is 14.5 Å². The summed E-state index contributed by atoms with van der Waals surface area (Å²) >= 11 is 0. The smallest absolute Gasteiger partial charge is 0.231 e. The van der Waals surface area contributed by atoms with E-state index in [0.717, 1.165) is 25.9 Å². The predicted molar refractivity (Wildman–Crippen MR) is 57.1 cm³/mol. The molecule has 2 N–H and O–H groups in total. The van der Waals surface area contributed by atoms with Gasteiger partial charge in [-0.15, -0.1) is 0 Å². The summed E-state index contributed by atoms with van der Waals surface area (Å²) in [5.74, 6) is 0.00485. The van der Waals surface area contributed by atoms with Crippen molar-refractivity contribution in [2.45, 2.75) is 12.8 Å². The summed E-state index contributed by atoms with van der Waals surface area (Å²) in [6.07, 6.45) is 1.65. The summed E-state index contributed by atoms with van der Waals surface area (Å²) in [7, 11) is 3.55. The Bertz CT molecular complexity index is 245. The maximum Gasteiger partial charge on any atom is 0.231 e. The lowest BCUT2D eigenvalue weighted by atomic mass is 9.95. The molecule has 0 aromatic carbocycles. The van der Waals surface area contributed by atoms with Crippen molar-refractivity contribution in [3.8, 4) is 0 Å². The molecule has 0 atom stereocenters. The van der Waals surface area contributed by atoms with Crippen molar-refractivity contribution >= 4 is 11.8 Å². The van der Waals surface area contributed by atoms with Crippen LogP contribution in [0.5, 0.6) is 0 Å². The molecule has 0 aromatic rings. The maximum atomic E-state index is 11.6. The highest BCUT2D eigenvalue weighted by atomic mass is 16.2. The Kier molecular flexibility index (Phi) is 4.08. The molecule has 1 fully saturated rings. The van der Waals surface area contributed by atoms with Gasteiger partial charge in [0.1, 0.15) is 0 Å². The second kappa shape index (κ2) is 5.11. The number of carbonyl (C=O) groups excluding carboxylic acids is 2. The number of nitrogens with two attached hydrogens (primary N) is 1. The molecule has 0 unspecified atom stereocenters. The molecule has 86 valence electrons. The molecule has 1 rings (SSSR count). The highest BCUT2D eigenvalue weighted by Crippen LogP contribution is 2.18. The first-order chi connectivity index (χ1) is 7.00. The van der Waals surface area contributed by atoms with E-state index in [4.69, 9.17) is 5.73 Å². The summed E-state index contributed by atoms with van der Waals surface area (Å²) in [5.41, 5.74) is 5.11. The van der Waals surface area contributed by atoms with E-state index in [-0.39, 0.29) is 17.7 Å². The highest BCUT2D eigenvalue weighted by molar-refractivity contribution is 5.78. The van der Waals surface area contributed by atoms with Crippen molar-refractivity contribution in [3.63, 3.8) is 0 Å². The molecule has 1 aliphatic heterocycles. The molecular weight excluding hydrogens is 194 g/mol. The fourth-order valence-electron chi connectivity index (χ4n) is 1.92. The molecule has 5 nitrogen and oxygen atoms in total. The van der Waals surface area contributed by atoms with Crippen LogP contribution >= 0.6 is 0 Å². The standard InChI is InChI=1S/C10H19N3O2/c1-12(2)10(15)8-3-5-13(6-4-8)7-9(11)14/h8H,3-7H2,1-2H3,(H2,11,14). The van der Waals surface area contributed by atoms with E-state index in [2.05, 4.69) is 0 Å². The van der Waals surface area contributed by atoms with E-state index in [1.165, 1.54) is 0 Å². The minimum atomic E-state index is -0.299. The maximum absolute atomic E-state index is 11.6. The Morgan fingerprint density at radius 1 is 1.33 bits per heavy atom. The molecule has 0 bridgehead atoms. The lowest BCUT2D eigenvalue weighted by molar-refractivity contribution is -0.134. The minimum Gasteiger partial charge on any atom is -0.369 e. The Balaban J connectivity index is 2.35. The Morgan fingerprint density at radius 3 is 2.27 bits per heavy atom. The number of carbonyl (C=O) groups is 2. The molecule has 0 spiro atoms. The molecule has 2 amide bonds. The molecule has 1 saturated heterocycles. The van der Waals surface area contributed by atoms with Crippen molar-refractivity contribution in [2.24, 2.45) is 11.7 Å². The second-order valence-electron chi connectivity index (χ2n) is 4.25. The number of primary amides is 1. The van der Waals surface area contributed by atoms with Crippen LogP contribution in [0.25, 0.3) is 0 Å². The van der Waals surface area contributed by atoms with E-state index >= 15 is 0 Å². The van der Waals surface area contributed by atoms with Crippen molar-refractivity contribution in [3.05, 3.63) is 0 Å². The first-order valence-electron chi connectivity index (χ1n) is 5.22. The molecule has 15 heavy (non-hydrogen) atoms. The van der Waals surface area contributed by atoms with Crippen LogP contribution in [0.3, 0.4) is 0 Å². The van der Waals surface area contributed by atoms with E-state index in [1.54, 1.807) is 19.0 Å². The fourth-order valence-corrected chi connectivity index (χ4v) is 1.92. The molecule has 0 saturated carbocycles. The number of piperidine rings is 1. The largest absolute Gasteiger partial charge is 0.369 e. The van der Waals surface area contributed by atoms with Crippen molar-refractivity contribution in [1.82, 2.24) is 9.80 Å². The first-order valence-corrected chi connectivity index (χ1v) is 5.22. The Hall–Kier alpha value is -1.10. The number of rotatable bonds is 3. The number of likely N-dealkylation sites (tertiary alicyclic amines) is 1. The van der Waals surface area contributed by atoms with Crippen LogP contribution in [0.2, 0.25) is 0 Å². The fraction of sp³-hybridized carbons (Fsp3) is 0.800. The third-order valence-electron chi connectivity index (χ3n) is 2.76. The summed E-state index contributed by atoms with van der Waals surface area (Å²) in [6, 6.07) is 0. The average Bonchev–Trinajstić information content (AvgIpc) is 2.17. The van der Waals surface area contributed by atoms with Gasteiger partial charge in [0.2, 0.25) is 11.8 Å². The third kappa shape index (κ3) is 3.51. The number of hydrogen-bond donors (Lipinski definition) is 1. The lowest BCUT2D eigenvalue weighted by Crippen LogP contribution is -2.43. The van der Waals surface area contributed by atoms with Crippen molar-refractivity contribution in [1.29, 1.82) is 0 Å².